The van der Waals surface area contributed by atoms with Gasteiger partial charge in [0.05, 0.1) is 10.6 Å². The summed E-state index contributed by atoms with van der Waals surface area (Å²) in [6.45, 7) is 0.648. The van der Waals surface area contributed by atoms with E-state index in [0.29, 0.717) is 17.1 Å². The lowest BCUT2D eigenvalue weighted by atomic mass is 10.1. The molecule has 1 amide bonds. The molecule has 0 saturated heterocycles. The lowest BCUT2D eigenvalue weighted by Crippen LogP contribution is -2.11. The molecule has 0 bridgehead atoms. The largest absolute Gasteiger partial charge is 0.366 e. The molecule has 0 radical (unpaired) electrons. The van der Waals surface area contributed by atoms with Crippen molar-refractivity contribution in [2.75, 3.05) is 6.54 Å². The second-order valence-corrected chi connectivity index (χ2v) is 3.48. The van der Waals surface area contributed by atoms with Gasteiger partial charge < -0.3 is 11.5 Å². The van der Waals surface area contributed by atoms with Crippen LogP contribution in [0.25, 0.3) is 0 Å². The van der Waals surface area contributed by atoms with Crippen molar-refractivity contribution in [3.63, 3.8) is 0 Å². The van der Waals surface area contributed by atoms with E-state index in [0.717, 1.165) is 18.4 Å². The van der Waals surface area contributed by atoms with Crippen LogP contribution in [0.3, 0.4) is 0 Å². The van der Waals surface area contributed by atoms with Gasteiger partial charge in [-0.2, -0.15) is 0 Å². The van der Waals surface area contributed by atoms with Crippen LogP contribution >= 0.6 is 11.6 Å². The number of primary amides is 1. The van der Waals surface area contributed by atoms with Crippen LogP contribution in [0, 0.1) is 0 Å². The van der Waals surface area contributed by atoms with Crippen molar-refractivity contribution in [3.8, 4) is 0 Å². The van der Waals surface area contributed by atoms with Crippen molar-refractivity contribution in [1.82, 2.24) is 0 Å². The standard InChI is InChI=1S/C10H13ClN2O/c11-9-6-7(2-1-5-12)3-4-8(9)10(13)14/h3-4,6H,1-2,5,12H2,(H2,13,14). The third-order valence-electron chi connectivity index (χ3n) is 1.97. The summed E-state index contributed by atoms with van der Waals surface area (Å²) in [7, 11) is 0. The molecule has 0 aliphatic heterocycles. The first-order chi connectivity index (χ1) is 6.65. The summed E-state index contributed by atoms with van der Waals surface area (Å²) < 4.78 is 0. The van der Waals surface area contributed by atoms with E-state index >= 15 is 0 Å². The third kappa shape index (κ3) is 2.72. The molecule has 0 fully saturated rings. The summed E-state index contributed by atoms with van der Waals surface area (Å²) in [4.78, 5) is 10.9. The number of carbonyl (C=O) groups excluding carboxylic acids is 1. The topological polar surface area (TPSA) is 69.1 Å². The van der Waals surface area contributed by atoms with Crippen LogP contribution < -0.4 is 11.5 Å². The van der Waals surface area contributed by atoms with Crippen LogP contribution in [-0.2, 0) is 6.42 Å². The molecule has 0 spiro atoms. The van der Waals surface area contributed by atoms with Crippen molar-refractivity contribution in [2.24, 2.45) is 11.5 Å². The fraction of sp³-hybridized carbons (Fsp3) is 0.300. The van der Waals surface area contributed by atoms with Gasteiger partial charge in [0.15, 0.2) is 0 Å². The minimum Gasteiger partial charge on any atom is -0.366 e. The van der Waals surface area contributed by atoms with Crippen LogP contribution in [0.5, 0.6) is 0 Å². The monoisotopic (exact) mass is 212 g/mol. The maximum absolute atomic E-state index is 10.9. The van der Waals surface area contributed by atoms with Crippen LogP contribution in [0.1, 0.15) is 22.3 Å². The number of aryl methyl sites for hydroxylation is 1. The molecule has 1 aromatic rings. The molecule has 0 heterocycles. The van der Waals surface area contributed by atoms with E-state index in [1.807, 2.05) is 6.07 Å². The smallest absolute Gasteiger partial charge is 0.250 e. The highest BCUT2D eigenvalue weighted by atomic mass is 35.5. The number of nitrogens with two attached hydrogens (primary N) is 2. The van der Waals surface area contributed by atoms with Gasteiger partial charge in [-0.05, 0) is 37.1 Å². The molecule has 4 N–H and O–H groups in total. The minimum absolute atomic E-state index is 0.364. The number of benzene rings is 1. The maximum Gasteiger partial charge on any atom is 0.250 e. The lowest BCUT2D eigenvalue weighted by molar-refractivity contribution is 0.100. The highest BCUT2D eigenvalue weighted by Gasteiger charge is 2.06. The molecule has 0 saturated carbocycles. The van der Waals surface area contributed by atoms with Crippen molar-refractivity contribution in [2.45, 2.75) is 12.8 Å². The molecule has 0 aliphatic carbocycles. The number of amides is 1. The fourth-order valence-electron chi connectivity index (χ4n) is 1.22. The number of hydrogen-bond donors (Lipinski definition) is 2. The molecule has 4 heteroatoms. The Bertz CT molecular complexity index is 339. The predicted molar refractivity (Wildman–Crippen MR) is 57.3 cm³/mol. The average molecular weight is 213 g/mol. The van der Waals surface area contributed by atoms with Gasteiger partial charge in [-0.3, -0.25) is 4.79 Å². The summed E-state index contributed by atoms with van der Waals surface area (Å²) in [5, 5.41) is 0.409. The first-order valence-corrected chi connectivity index (χ1v) is 4.81. The zero-order valence-corrected chi connectivity index (χ0v) is 8.55. The Balaban J connectivity index is 2.83. The Kier molecular flexibility index (Phi) is 3.92. The van der Waals surface area contributed by atoms with Crippen LogP contribution in [0.15, 0.2) is 18.2 Å². The minimum atomic E-state index is -0.500. The Hall–Kier alpha value is -1.06. The first-order valence-electron chi connectivity index (χ1n) is 4.43. The van der Waals surface area contributed by atoms with E-state index in [-0.39, 0.29) is 0 Å². The zero-order chi connectivity index (χ0) is 10.6. The van der Waals surface area contributed by atoms with Gasteiger partial charge in [0, 0.05) is 0 Å². The second kappa shape index (κ2) is 4.98. The van der Waals surface area contributed by atoms with E-state index in [2.05, 4.69) is 0 Å². The van der Waals surface area contributed by atoms with Gasteiger partial charge in [-0.25, -0.2) is 0 Å². The van der Waals surface area contributed by atoms with Crippen LogP contribution in [-0.4, -0.2) is 12.5 Å². The highest BCUT2D eigenvalue weighted by molar-refractivity contribution is 6.33. The van der Waals surface area contributed by atoms with Gasteiger partial charge in [-0.1, -0.05) is 17.7 Å². The summed E-state index contributed by atoms with van der Waals surface area (Å²) in [6.07, 6.45) is 1.78. The average Bonchev–Trinajstić information content (AvgIpc) is 2.14. The van der Waals surface area contributed by atoms with Crippen LogP contribution in [0.2, 0.25) is 5.02 Å². The fourth-order valence-corrected chi connectivity index (χ4v) is 1.52. The predicted octanol–water partition coefficient (Wildman–Crippen LogP) is 1.33. The third-order valence-corrected chi connectivity index (χ3v) is 2.28. The van der Waals surface area contributed by atoms with Gasteiger partial charge in [-0.15, -0.1) is 0 Å². The molecule has 0 aliphatic rings. The highest BCUT2D eigenvalue weighted by Crippen LogP contribution is 2.18. The van der Waals surface area contributed by atoms with E-state index < -0.39 is 5.91 Å². The van der Waals surface area contributed by atoms with Crippen molar-refractivity contribution in [3.05, 3.63) is 34.3 Å². The normalized spacial score (nSPS) is 10.1. The molecule has 0 atom stereocenters. The molecular formula is C10H13ClN2O. The van der Waals surface area contributed by atoms with Crippen molar-refractivity contribution >= 4 is 17.5 Å². The van der Waals surface area contributed by atoms with Crippen molar-refractivity contribution < 1.29 is 4.79 Å². The van der Waals surface area contributed by atoms with Gasteiger partial charge in [0.1, 0.15) is 0 Å². The Morgan fingerprint density at radius 3 is 2.64 bits per heavy atom. The summed E-state index contributed by atoms with van der Waals surface area (Å²) in [6, 6.07) is 5.26. The van der Waals surface area contributed by atoms with Gasteiger partial charge >= 0.3 is 0 Å². The lowest BCUT2D eigenvalue weighted by Gasteiger charge is -2.03. The molecular weight excluding hydrogens is 200 g/mol. The number of rotatable bonds is 4. The van der Waals surface area contributed by atoms with E-state index in [1.54, 1.807) is 12.1 Å². The molecule has 1 rings (SSSR count). The Morgan fingerprint density at radius 1 is 1.43 bits per heavy atom. The zero-order valence-electron chi connectivity index (χ0n) is 7.79. The molecule has 0 unspecified atom stereocenters. The quantitative estimate of drug-likeness (QED) is 0.791. The summed E-state index contributed by atoms with van der Waals surface area (Å²) in [5.74, 6) is -0.500. The van der Waals surface area contributed by atoms with Gasteiger partial charge in [0.25, 0.3) is 0 Å². The van der Waals surface area contributed by atoms with E-state index in [4.69, 9.17) is 23.1 Å². The molecule has 14 heavy (non-hydrogen) atoms. The second-order valence-electron chi connectivity index (χ2n) is 3.07. The molecule has 3 nitrogen and oxygen atoms in total. The van der Waals surface area contributed by atoms with E-state index in [1.165, 1.54) is 0 Å². The van der Waals surface area contributed by atoms with Gasteiger partial charge in [0.2, 0.25) is 5.91 Å². The van der Waals surface area contributed by atoms with E-state index in [9.17, 15) is 4.79 Å². The SMILES string of the molecule is NCCCc1ccc(C(N)=O)c(Cl)c1. The first kappa shape index (κ1) is 11.0. The number of carbonyl (C=O) groups is 1. The Labute approximate surface area is 88.0 Å². The molecule has 0 aromatic heterocycles. The number of hydrogen-bond acceptors (Lipinski definition) is 2. The summed E-state index contributed by atoms with van der Waals surface area (Å²) in [5.41, 5.74) is 11.9. The molecule has 1 aromatic carbocycles. The maximum atomic E-state index is 10.9. The molecule has 76 valence electrons. The van der Waals surface area contributed by atoms with Crippen molar-refractivity contribution in [1.29, 1.82) is 0 Å². The Morgan fingerprint density at radius 2 is 2.14 bits per heavy atom. The summed E-state index contributed by atoms with van der Waals surface area (Å²) >= 11 is 5.87. The van der Waals surface area contributed by atoms with Crippen LogP contribution in [0.4, 0.5) is 0 Å². The number of halogens is 1.